The van der Waals surface area contributed by atoms with Crippen LogP contribution in [0.1, 0.15) is 28.2 Å². The van der Waals surface area contributed by atoms with Gasteiger partial charge in [-0.15, -0.1) is 12.4 Å². The van der Waals surface area contributed by atoms with Crippen molar-refractivity contribution < 1.29 is 4.79 Å². The van der Waals surface area contributed by atoms with Crippen molar-refractivity contribution in [1.29, 1.82) is 0 Å². The molecule has 116 valence electrons. The molecule has 0 unspecified atom stereocenters. The molecule has 0 aliphatic heterocycles. The Hall–Kier alpha value is -2.07. The Morgan fingerprint density at radius 2 is 1.95 bits per heavy atom. The average Bonchev–Trinajstić information content (AvgIpc) is 2.99. The van der Waals surface area contributed by atoms with Crippen LogP contribution in [-0.2, 0) is 13.6 Å². The maximum Gasteiger partial charge on any atom is 0.166 e. The van der Waals surface area contributed by atoms with E-state index >= 15 is 0 Å². The number of nitrogens with zero attached hydrogens (tertiary/aromatic N) is 3. The van der Waals surface area contributed by atoms with Crippen molar-refractivity contribution in [3.05, 3.63) is 53.7 Å². The minimum Gasteiger partial charge on any atom is -0.350 e. The van der Waals surface area contributed by atoms with Gasteiger partial charge in [-0.25, -0.2) is 4.98 Å². The highest BCUT2D eigenvalue weighted by Crippen LogP contribution is 2.21. The van der Waals surface area contributed by atoms with Crippen LogP contribution in [0.15, 0.2) is 36.8 Å². The number of halogens is 1. The summed E-state index contributed by atoms with van der Waals surface area (Å²) in [5.74, 6) is 0.178. The Labute approximate surface area is 136 Å². The van der Waals surface area contributed by atoms with E-state index in [4.69, 9.17) is 0 Å². The first kappa shape index (κ1) is 16.3. The molecule has 0 bridgehead atoms. The number of Topliss-reactive ketones (excluding diaryl/α,β-unsaturated/α-hetero) is 1. The fourth-order valence-electron chi connectivity index (χ4n) is 2.69. The molecule has 0 spiro atoms. The summed E-state index contributed by atoms with van der Waals surface area (Å²) in [6.07, 6.45) is 4.23. The van der Waals surface area contributed by atoms with E-state index in [0.717, 1.165) is 27.9 Å². The number of fused-ring (bicyclic) bond motifs is 1. The molecular formula is C17H20ClN3O. The van der Waals surface area contributed by atoms with Crippen LogP contribution in [0, 0.1) is 13.8 Å². The molecule has 0 aliphatic carbocycles. The summed E-state index contributed by atoms with van der Waals surface area (Å²) in [6.45, 7) is 4.69. The van der Waals surface area contributed by atoms with Crippen molar-refractivity contribution in [2.75, 3.05) is 0 Å². The molecule has 0 fully saturated rings. The Morgan fingerprint density at radius 1 is 1.23 bits per heavy atom. The highest BCUT2D eigenvalue weighted by Gasteiger charge is 2.14. The second-order valence-corrected chi connectivity index (χ2v) is 5.45. The van der Waals surface area contributed by atoms with Crippen LogP contribution >= 0.6 is 12.4 Å². The van der Waals surface area contributed by atoms with Crippen LogP contribution < -0.4 is 0 Å². The normalized spacial score (nSPS) is 10.7. The van der Waals surface area contributed by atoms with Crippen LogP contribution in [0.25, 0.3) is 10.9 Å². The van der Waals surface area contributed by atoms with Crippen molar-refractivity contribution in [1.82, 2.24) is 14.1 Å². The van der Waals surface area contributed by atoms with E-state index in [0.29, 0.717) is 13.0 Å². The molecule has 0 saturated heterocycles. The van der Waals surface area contributed by atoms with Crippen LogP contribution in [-0.4, -0.2) is 19.9 Å². The maximum atomic E-state index is 12.5. The molecule has 0 N–H and O–H groups in total. The number of benzene rings is 1. The highest BCUT2D eigenvalue weighted by molar-refractivity contribution is 6.08. The summed E-state index contributed by atoms with van der Waals surface area (Å²) in [7, 11) is 1.97. The summed E-state index contributed by atoms with van der Waals surface area (Å²) in [4.78, 5) is 16.8. The van der Waals surface area contributed by atoms with Gasteiger partial charge in [0.15, 0.2) is 5.78 Å². The molecule has 0 atom stereocenters. The standard InChI is InChI=1S/C17H19N3O.ClH/c1-12-13(2)20(11-18-12)9-8-17(21)15-10-19(3)16-7-5-4-6-14(15)16;/h4-7,10-11H,8-9H2,1-3H3;1H. The second kappa shape index (κ2) is 6.36. The van der Waals surface area contributed by atoms with Crippen molar-refractivity contribution in [2.45, 2.75) is 26.8 Å². The van der Waals surface area contributed by atoms with Gasteiger partial charge >= 0.3 is 0 Å². The molecule has 3 aromatic rings. The van der Waals surface area contributed by atoms with E-state index < -0.39 is 0 Å². The monoisotopic (exact) mass is 317 g/mol. The average molecular weight is 318 g/mol. The zero-order chi connectivity index (χ0) is 15.0. The molecule has 1 aromatic carbocycles. The zero-order valence-corrected chi connectivity index (χ0v) is 13.9. The lowest BCUT2D eigenvalue weighted by Crippen LogP contribution is -2.06. The van der Waals surface area contributed by atoms with E-state index in [2.05, 4.69) is 4.98 Å². The number of aromatic nitrogens is 3. The summed E-state index contributed by atoms with van der Waals surface area (Å²) < 4.78 is 4.05. The number of para-hydroxylation sites is 1. The van der Waals surface area contributed by atoms with Gasteiger partial charge in [0.05, 0.1) is 12.0 Å². The van der Waals surface area contributed by atoms with Crippen molar-refractivity contribution >= 4 is 29.1 Å². The minimum absolute atomic E-state index is 0. The van der Waals surface area contributed by atoms with Crippen LogP contribution in [0.4, 0.5) is 0 Å². The number of carbonyl (C=O) groups is 1. The van der Waals surface area contributed by atoms with Crippen molar-refractivity contribution in [2.24, 2.45) is 7.05 Å². The van der Waals surface area contributed by atoms with E-state index in [1.54, 1.807) is 6.33 Å². The SMILES string of the molecule is Cc1ncn(CCC(=O)c2cn(C)c3ccccc23)c1C.Cl. The number of hydrogen-bond acceptors (Lipinski definition) is 2. The lowest BCUT2D eigenvalue weighted by Gasteiger charge is -2.04. The third kappa shape index (κ3) is 2.79. The molecule has 4 nitrogen and oxygen atoms in total. The molecule has 0 amide bonds. The molecular weight excluding hydrogens is 298 g/mol. The smallest absolute Gasteiger partial charge is 0.166 e. The lowest BCUT2D eigenvalue weighted by molar-refractivity contribution is 0.0978. The Kier molecular flexibility index (Phi) is 4.71. The molecule has 5 heteroatoms. The number of ketones is 1. The van der Waals surface area contributed by atoms with E-state index in [1.165, 1.54) is 0 Å². The topological polar surface area (TPSA) is 39.8 Å². The predicted octanol–water partition coefficient (Wildman–Crippen LogP) is 3.69. The quantitative estimate of drug-likeness (QED) is 0.689. The first-order valence-corrected chi connectivity index (χ1v) is 7.13. The first-order valence-electron chi connectivity index (χ1n) is 7.13. The minimum atomic E-state index is 0. The first-order chi connectivity index (χ1) is 10.1. The van der Waals surface area contributed by atoms with Gasteiger partial charge in [0.2, 0.25) is 0 Å². The molecule has 0 aliphatic rings. The van der Waals surface area contributed by atoms with Gasteiger partial charge in [0, 0.05) is 48.4 Å². The fraction of sp³-hybridized carbons (Fsp3) is 0.294. The predicted molar refractivity (Wildman–Crippen MR) is 90.8 cm³/mol. The highest BCUT2D eigenvalue weighted by atomic mass is 35.5. The van der Waals surface area contributed by atoms with Crippen molar-refractivity contribution in [3.63, 3.8) is 0 Å². The third-order valence-corrected chi connectivity index (χ3v) is 4.12. The molecule has 0 radical (unpaired) electrons. The Balaban J connectivity index is 0.00000176. The van der Waals surface area contributed by atoms with Gasteiger partial charge in [0.1, 0.15) is 0 Å². The van der Waals surface area contributed by atoms with Gasteiger partial charge in [-0.05, 0) is 19.9 Å². The van der Waals surface area contributed by atoms with Gasteiger partial charge in [-0.3, -0.25) is 4.79 Å². The summed E-state index contributed by atoms with van der Waals surface area (Å²) in [5.41, 5.74) is 4.05. The summed E-state index contributed by atoms with van der Waals surface area (Å²) in [6, 6.07) is 8.02. The Morgan fingerprint density at radius 3 is 2.64 bits per heavy atom. The number of rotatable bonds is 4. The second-order valence-electron chi connectivity index (χ2n) is 5.45. The number of imidazole rings is 1. The summed E-state index contributed by atoms with van der Waals surface area (Å²) >= 11 is 0. The van der Waals surface area contributed by atoms with Gasteiger partial charge < -0.3 is 9.13 Å². The molecule has 3 rings (SSSR count). The van der Waals surface area contributed by atoms with Gasteiger partial charge in [-0.2, -0.15) is 0 Å². The largest absolute Gasteiger partial charge is 0.350 e. The molecule has 2 heterocycles. The molecule has 2 aromatic heterocycles. The molecule has 22 heavy (non-hydrogen) atoms. The summed E-state index contributed by atoms with van der Waals surface area (Å²) in [5, 5.41) is 1.03. The third-order valence-electron chi connectivity index (χ3n) is 4.12. The van der Waals surface area contributed by atoms with Gasteiger partial charge in [-0.1, -0.05) is 18.2 Å². The van der Waals surface area contributed by atoms with Gasteiger partial charge in [0.25, 0.3) is 0 Å². The van der Waals surface area contributed by atoms with Crippen LogP contribution in [0.5, 0.6) is 0 Å². The van der Waals surface area contributed by atoms with E-state index in [9.17, 15) is 4.79 Å². The number of carbonyl (C=O) groups excluding carboxylic acids is 1. The van der Waals surface area contributed by atoms with Crippen molar-refractivity contribution in [3.8, 4) is 0 Å². The maximum absolute atomic E-state index is 12.5. The number of hydrogen-bond donors (Lipinski definition) is 0. The molecule has 0 saturated carbocycles. The number of aryl methyl sites for hydroxylation is 3. The van der Waals surface area contributed by atoms with E-state index in [-0.39, 0.29) is 18.2 Å². The zero-order valence-electron chi connectivity index (χ0n) is 13.0. The fourth-order valence-corrected chi connectivity index (χ4v) is 2.69. The Bertz CT molecular complexity index is 817. The van der Waals surface area contributed by atoms with Crippen LogP contribution in [0.2, 0.25) is 0 Å². The van der Waals surface area contributed by atoms with E-state index in [1.807, 2.05) is 60.5 Å². The van der Waals surface area contributed by atoms with Crippen LogP contribution in [0.3, 0.4) is 0 Å². The lowest BCUT2D eigenvalue weighted by atomic mass is 10.1.